The van der Waals surface area contributed by atoms with E-state index in [0.29, 0.717) is 13.3 Å². The summed E-state index contributed by atoms with van der Waals surface area (Å²) in [7, 11) is 3.33. The molecular weight excluding hydrogens is 362 g/mol. The summed E-state index contributed by atoms with van der Waals surface area (Å²) in [4.78, 5) is 18.2. The molecule has 23 heavy (non-hydrogen) atoms. The summed E-state index contributed by atoms with van der Waals surface area (Å²) < 4.78 is 13.6. The van der Waals surface area contributed by atoms with Crippen LogP contribution in [0.15, 0.2) is 22.7 Å². The van der Waals surface area contributed by atoms with Gasteiger partial charge in [-0.15, -0.1) is 0 Å². The first-order valence-electron chi connectivity index (χ1n) is 7.29. The van der Waals surface area contributed by atoms with Crippen LogP contribution in [-0.2, 0) is 22.7 Å². The van der Waals surface area contributed by atoms with Crippen LogP contribution >= 0.6 is 15.9 Å². The number of carbonyl (C=O) groups excluding carboxylic acids is 1. The minimum atomic E-state index is -0.525. The lowest BCUT2D eigenvalue weighted by molar-refractivity contribution is 0.0275. The lowest BCUT2D eigenvalue weighted by Crippen LogP contribution is -2.34. The van der Waals surface area contributed by atoms with E-state index in [1.54, 1.807) is 14.2 Å². The zero-order valence-corrected chi connectivity index (χ0v) is 15.7. The molecule has 0 N–H and O–H groups in total. The van der Waals surface area contributed by atoms with Gasteiger partial charge in [-0.1, -0.05) is 15.9 Å². The first-order chi connectivity index (χ1) is 10.7. The van der Waals surface area contributed by atoms with Crippen LogP contribution in [0.25, 0.3) is 11.0 Å². The van der Waals surface area contributed by atoms with Crippen molar-refractivity contribution in [2.75, 3.05) is 14.2 Å². The standard InChI is InChI=1S/C16H22BrN3O3/c1-16(2,3)23-15(21)19(4)9-14-18-12-7-6-11(17)8-13(12)20(14)10-22-5/h6-8H,9-10H2,1-5H3. The van der Waals surface area contributed by atoms with Crippen LogP contribution in [-0.4, -0.2) is 40.3 Å². The number of hydrogen-bond acceptors (Lipinski definition) is 4. The van der Waals surface area contributed by atoms with Crippen LogP contribution < -0.4 is 0 Å². The SMILES string of the molecule is COCn1c(CN(C)C(=O)OC(C)(C)C)nc2ccc(Br)cc21. The van der Waals surface area contributed by atoms with Crippen molar-refractivity contribution in [3.63, 3.8) is 0 Å². The van der Waals surface area contributed by atoms with Crippen molar-refractivity contribution in [1.82, 2.24) is 14.5 Å². The van der Waals surface area contributed by atoms with Gasteiger partial charge in [0.15, 0.2) is 0 Å². The summed E-state index contributed by atoms with van der Waals surface area (Å²) >= 11 is 3.47. The second-order valence-corrected chi connectivity index (χ2v) is 7.26. The summed E-state index contributed by atoms with van der Waals surface area (Å²) in [6, 6.07) is 5.86. The molecule has 0 atom stereocenters. The zero-order valence-electron chi connectivity index (χ0n) is 14.1. The quantitative estimate of drug-likeness (QED) is 0.805. The molecule has 1 amide bonds. The van der Waals surface area contributed by atoms with E-state index in [9.17, 15) is 4.79 Å². The number of aromatic nitrogens is 2. The van der Waals surface area contributed by atoms with Gasteiger partial charge in [-0.3, -0.25) is 0 Å². The minimum Gasteiger partial charge on any atom is -0.444 e. The van der Waals surface area contributed by atoms with Crippen molar-refractivity contribution < 1.29 is 14.3 Å². The van der Waals surface area contributed by atoms with Gasteiger partial charge in [0.05, 0.1) is 17.6 Å². The molecule has 0 saturated heterocycles. The van der Waals surface area contributed by atoms with Crippen LogP contribution in [0.1, 0.15) is 26.6 Å². The molecule has 0 spiro atoms. The Morgan fingerprint density at radius 3 is 2.70 bits per heavy atom. The molecule has 0 saturated carbocycles. The van der Waals surface area contributed by atoms with Crippen LogP contribution in [0.5, 0.6) is 0 Å². The van der Waals surface area contributed by atoms with Crippen LogP contribution in [0, 0.1) is 0 Å². The lowest BCUT2D eigenvalue weighted by atomic mass is 10.2. The molecule has 0 aliphatic heterocycles. The van der Waals surface area contributed by atoms with Gasteiger partial charge in [-0.25, -0.2) is 9.78 Å². The van der Waals surface area contributed by atoms with E-state index in [1.165, 1.54) is 4.90 Å². The van der Waals surface area contributed by atoms with Crippen molar-refractivity contribution in [3.8, 4) is 0 Å². The first-order valence-corrected chi connectivity index (χ1v) is 8.08. The molecule has 0 aliphatic carbocycles. The lowest BCUT2D eigenvalue weighted by Gasteiger charge is -2.24. The maximum Gasteiger partial charge on any atom is 0.410 e. The highest BCUT2D eigenvalue weighted by atomic mass is 79.9. The van der Waals surface area contributed by atoms with Crippen molar-refractivity contribution in [2.24, 2.45) is 0 Å². The van der Waals surface area contributed by atoms with Gasteiger partial charge in [0, 0.05) is 18.6 Å². The Balaban J connectivity index is 2.28. The fourth-order valence-electron chi connectivity index (χ4n) is 2.16. The molecule has 2 rings (SSSR count). The molecule has 0 fully saturated rings. The highest BCUT2D eigenvalue weighted by Gasteiger charge is 2.21. The van der Waals surface area contributed by atoms with E-state index < -0.39 is 5.60 Å². The summed E-state index contributed by atoms with van der Waals surface area (Å²) in [5.41, 5.74) is 1.29. The minimum absolute atomic E-state index is 0.338. The van der Waals surface area contributed by atoms with Gasteiger partial charge in [-0.05, 0) is 39.0 Å². The Morgan fingerprint density at radius 1 is 1.39 bits per heavy atom. The van der Waals surface area contributed by atoms with Gasteiger partial charge in [0.1, 0.15) is 18.2 Å². The maximum atomic E-state index is 12.1. The van der Waals surface area contributed by atoms with Crippen molar-refractivity contribution in [1.29, 1.82) is 0 Å². The number of methoxy groups -OCH3 is 1. The van der Waals surface area contributed by atoms with E-state index >= 15 is 0 Å². The van der Waals surface area contributed by atoms with Gasteiger partial charge in [0.25, 0.3) is 0 Å². The molecule has 0 radical (unpaired) electrons. The fourth-order valence-corrected chi connectivity index (χ4v) is 2.51. The van der Waals surface area contributed by atoms with Gasteiger partial charge in [0.2, 0.25) is 0 Å². The van der Waals surface area contributed by atoms with E-state index in [-0.39, 0.29) is 6.09 Å². The van der Waals surface area contributed by atoms with E-state index in [1.807, 2.05) is 43.5 Å². The second kappa shape index (κ2) is 6.88. The van der Waals surface area contributed by atoms with Gasteiger partial charge < -0.3 is 18.9 Å². The number of rotatable bonds is 4. The van der Waals surface area contributed by atoms with E-state index in [2.05, 4.69) is 20.9 Å². The third-order valence-corrected chi connectivity index (χ3v) is 3.62. The third-order valence-electron chi connectivity index (χ3n) is 3.13. The Morgan fingerprint density at radius 2 is 2.09 bits per heavy atom. The number of nitrogens with zero attached hydrogens (tertiary/aromatic N) is 3. The van der Waals surface area contributed by atoms with E-state index in [0.717, 1.165) is 21.3 Å². The Bertz CT molecular complexity index is 706. The van der Waals surface area contributed by atoms with Gasteiger partial charge >= 0.3 is 6.09 Å². The molecule has 0 aliphatic rings. The normalized spacial score (nSPS) is 11.7. The molecule has 0 bridgehead atoms. The average Bonchev–Trinajstić information content (AvgIpc) is 2.75. The average molecular weight is 384 g/mol. The summed E-state index contributed by atoms with van der Waals surface area (Å²) in [5, 5.41) is 0. The summed E-state index contributed by atoms with van der Waals surface area (Å²) in [6.07, 6.45) is -0.380. The van der Waals surface area contributed by atoms with Crippen molar-refractivity contribution in [3.05, 3.63) is 28.5 Å². The molecule has 1 aromatic carbocycles. The van der Waals surface area contributed by atoms with Crippen LogP contribution in [0.3, 0.4) is 0 Å². The Labute approximate surface area is 144 Å². The molecule has 126 valence electrons. The number of ether oxygens (including phenoxy) is 2. The smallest absolute Gasteiger partial charge is 0.410 e. The molecule has 1 aromatic heterocycles. The largest absolute Gasteiger partial charge is 0.444 e. The number of amides is 1. The van der Waals surface area contributed by atoms with Crippen LogP contribution in [0.2, 0.25) is 0 Å². The van der Waals surface area contributed by atoms with Crippen molar-refractivity contribution in [2.45, 2.75) is 39.6 Å². The molecule has 7 heteroatoms. The third kappa shape index (κ3) is 4.45. The molecule has 1 heterocycles. The highest BCUT2D eigenvalue weighted by molar-refractivity contribution is 9.10. The Kier molecular flexibility index (Phi) is 5.31. The predicted molar refractivity (Wildman–Crippen MR) is 92.1 cm³/mol. The molecular formula is C16H22BrN3O3. The van der Waals surface area contributed by atoms with Crippen molar-refractivity contribution >= 4 is 33.1 Å². The molecule has 2 aromatic rings. The van der Waals surface area contributed by atoms with Crippen LogP contribution in [0.4, 0.5) is 4.79 Å². The second-order valence-electron chi connectivity index (χ2n) is 6.34. The highest BCUT2D eigenvalue weighted by Crippen LogP contribution is 2.22. The van der Waals surface area contributed by atoms with E-state index in [4.69, 9.17) is 9.47 Å². The fraction of sp³-hybridized carbons (Fsp3) is 0.500. The molecule has 6 nitrogen and oxygen atoms in total. The monoisotopic (exact) mass is 383 g/mol. The van der Waals surface area contributed by atoms with Gasteiger partial charge in [-0.2, -0.15) is 0 Å². The topological polar surface area (TPSA) is 56.6 Å². The number of halogens is 1. The number of fused-ring (bicyclic) bond motifs is 1. The number of hydrogen-bond donors (Lipinski definition) is 0. The number of benzene rings is 1. The zero-order chi connectivity index (χ0) is 17.2. The first kappa shape index (κ1) is 17.7. The summed E-state index contributed by atoms with van der Waals surface area (Å²) in [5.74, 6) is 0.744. The molecule has 0 unspecified atom stereocenters. The summed E-state index contributed by atoms with van der Waals surface area (Å²) in [6.45, 7) is 6.23. The predicted octanol–water partition coefficient (Wildman–Crippen LogP) is 3.77. The Hall–Kier alpha value is -1.60. The number of carbonyl (C=O) groups is 1. The number of imidazole rings is 1. The maximum absolute atomic E-state index is 12.1.